The van der Waals surface area contributed by atoms with Crippen LogP contribution in [0.15, 0.2) is 41.0 Å². The lowest BCUT2D eigenvalue weighted by atomic mass is 10.1. The van der Waals surface area contributed by atoms with E-state index >= 15 is 0 Å². The summed E-state index contributed by atoms with van der Waals surface area (Å²) < 4.78 is 6.65. The summed E-state index contributed by atoms with van der Waals surface area (Å²) in [5.41, 5.74) is 1.00. The predicted molar refractivity (Wildman–Crippen MR) is 85.6 cm³/mol. The molecule has 0 amide bonds. The zero-order valence-electron chi connectivity index (χ0n) is 11.4. The zero-order chi connectivity index (χ0) is 14.5. The summed E-state index contributed by atoms with van der Waals surface area (Å²) in [6, 6.07) is 9.64. The fourth-order valence-electron chi connectivity index (χ4n) is 1.90. The molecule has 1 aromatic carbocycles. The zero-order valence-corrected chi connectivity index (χ0v) is 13.7. The van der Waals surface area contributed by atoms with E-state index in [1.807, 2.05) is 31.3 Å². The minimum atomic E-state index is 0.264. The van der Waals surface area contributed by atoms with Crippen LogP contribution in [0.1, 0.15) is 25.1 Å². The van der Waals surface area contributed by atoms with E-state index in [0.29, 0.717) is 16.5 Å². The van der Waals surface area contributed by atoms with E-state index in [4.69, 9.17) is 16.3 Å². The van der Waals surface area contributed by atoms with Gasteiger partial charge in [0.25, 0.3) is 0 Å². The van der Waals surface area contributed by atoms with Crippen molar-refractivity contribution in [3.05, 3.63) is 51.7 Å². The number of pyridine rings is 1. The lowest BCUT2D eigenvalue weighted by Crippen LogP contribution is -2.16. The molecular formula is C15H16BrClN2O. The third-order valence-corrected chi connectivity index (χ3v) is 3.78. The maximum Gasteiger partial charge on any atom is 0.146 e. The molecule has 0 fully saturated rings. The molecule has 106 valence electrons. The third-order valence-electron chi connectivity index (χ3n) is 2.99. The van der Waals surface area contributed by atoms with E-state index in [0.717, 1.165) is 16.6 Å². The monoisotopic (exact) mass is 354 g/mol. The van der Waals surface area contributed by atoms with Gasteiger partial charge >= 0.3 is 0 Å². The van der Waals surface area contributed by atoms with Crippen LogP contribution >= 0.6 is 27.5 Å². The molecule has 1 atom stereocenters. The number of nitrogens with one attached hydrogen (secondary N) is 1. The number of halogens is 2. The molecule has 5 heteroatoms. The maximum absolute atomic E-state index is 6.12. The summed E-state index contributed by atoms with van der Waals surface area (Å²) in [6.07, 6.45) is 2.70. The molecule has 1 aromatic heterocycles. The van der Waals surface area contributed by atoms with Crippen LogP contribution in [0.4, 0.5) is 0 Å². The molecule has 0 saturated heterocycles. The SMILES string of the molecule is CCC(NC)c1ccc(Oc2ccc(Br)cc2Cl)cn1. The van der Waals surface area contributed by atoms with Gasteiger partial charge in [-0.25, -0.2) is 0 Å². The first kappa shape index (κ1) is 15.3. The molecule has 0 saturated carbocycles. The van der Waals surface area contributed by atoms with Crippen LogP contribution in [0.25, 0.3) is 0 Å². The Morgan fingerprint density at radius 3 is 2.70 bits per heavy atom. The number of hydrogen-bond donors (Lipinski definition) is 1. The Balaban J connectivity index is 2.14. The second kappa shape index (κ2) is 7.07. The molecule has 0 aliphatic rings. The van der Waals surface area contributed by atoms with Gasteiger partial charge < -0.3 is 10.1 Å². The van der Waals surface area contributed by atoms with Crippen molar-refractivity contribution in [2.24, 2.45) is 0 Å². The fraction of sp³-hybridized carbons (Fsp3) is 0.267. The van der Waals surface area contributed by atoms with Crippen molar-refractivity contribution in [2.75, 3.05) is 7.05 Å². The van der Waals surface area contributed by atoms with Gasteiger partial charge in [-0.05, 0) is 43.8 Å². The minimum absolute atomic E-state index is 0.264. The predicted octanol–water partition coefficient (Wildman–Crippen LogP) is 4.96. The van der Waals surface area contributed by atoms with Crippen molar-refractivity contribution >= 4 is 27.5 Å². The molecule has 0 spiro atoms. The maximum atomic E-state index is 6.12. The van der Waals surface area contributed by atoms with Crippen LogP contribution in [0, 0.1) is 0 Å². The van der Waals surface area contributed by atoms with Gasteiger partial charge in [-0.2, -0.15) is 0 Å². The van der Waals surface area contributed by atoms with Gasteiger partial charge in [0.1, 0.15) is 11.5 Å². The number of benzene rings is 1. The Hall–Kier alpha value is -1.10. The highest BCUT2D eigenvalue weighted by Crippen LogP contribution is 2.31. The number of ether oxygens (including phenoxy) is 1. The topological polar surface area (TPSA) is 34.1 Å². The van der Waals surface area contributed by atoms with Crippen LogP contribution < -0.4 is 10.1 Å². The molecule has 3 nitrogen and oxygen atoms in total. The van der Waals surface area contributed by atoms with Gasteiger partial charge in [0.15, 0.2) is 0 Å². The Labute approximate surface area is 132 Å². The normalized spacial score (nSPS) is 12.2. The van der Waals surface area contributed by atoms with Crippen LogP contribution in [0.2, 0.25) is 5.02 Å². The van der Waals surface area contributed by atoms with E-state index in [1.54, 1.807) is 12.3 Å². The standard InChI is InChI=1S/C15H16BrClN2O/c1-3-13(18-2)14-6-5-11(9-19-14)20-15-7-4-10(16)8-12(15)17/h4-9,13,18H,3H2,1-2H3. The molecule has 0 radical (unpaired) electrons. The first-order chi connectivity index (χ1) is 9.63. The van der Waals surface area contributed by atoms with Crippen LogP contribution in [0.5, 0.6) is 11.5 Å². The Morgan fingerprint density at radius 2 is 2.15 bits per heavy atom. The Bertz CT molecular complexity index is 571. The number of rotatable bonds is 5. The lowest BCUT2D eigenvalue weighted by Gasteiger charge is -2.13. The van der Waals surface area contributed by atoms with Gasteiger partial charge in [-0.15, -0.1) is 0 Å². The third kappa shape index (κ3) is 3.72. The molecule has 2 rings (SSSR count). The molecule has 1 N–H and O–H groups in total. The molecule has 1 unspecified atom stereocenters. The van der Waals surface area contributed by atoms with Crippen molar-refractivity contribution in [1.29, 1.82) is 0 Å². The van der Waals surface area contributed by atoms with E-state index in [1.165, 1.54) is 0 Å². The summed E-state index contributed by atoms with van der Waals surface area (Å²) in [4.78, 5) is 4.42. The molecule has 20 heavy (non-hydrogen) atoms. The van der Waals surface area contributed by atoms with Gasteiger partial charge in [0.2, 0.25) is 0 Å². The Morgan fingerprint density at radius 1 is 1.35 bits per heavy atom. The second-order valence-corrected chi connectivity index (χ2v) is 5.67. The molecule has 0 aliphatic carbocycles. The Kier molecular flexibility index (Phi) is 5.40. The minimum Gasteiger partial charge on any atom is -0.454 e. The first-order valence-electron chi connectivity index (χ1n) is 6.40. The van der Waals surface area contributed by atoms with Crippen molar-refractivity contribution in [3.63, 3.8) is 0 Å². The van der Waals surface area contributed by atoms with Crippen LogP contribution in [-0.4, -0.2) is 12.0 Å². The van der Waals surface area contributed by atoms with Gasteiger partial charge in [-0.3, -0.25) is 4.98 Å². The van der Waals surface area contributed by atoms with Gasteiger partial charge in [0, 0.05) is 10.5 Å². The highest BCUT2D eigenvalue weighted by atomic mass is 79.9. The number of hydrogen-bond acceptors (Lipinski definition) is 3. The highest BCUT2D eigenvalue weighted by Gasteiger charge is 2.09. The van der Waals surface area contributed by atoms with E-state index in [2.05, 4.69) is 33.2 Å². The number of aromatic nitrogens is 1. The summed E-state index contributed by atoms with van der Waals surface area (Å²) in [7, 11) is 1.93. The quantitative estimate of drug-likeness (QED) is 0.823. The summed E-state index contributed by atoms with van der Waals surface area (Å²) >= 11 is 9.48. The van der Waals surface area contributed by atoms with Crippen molar-refractivity contribution in [1.82, 2.24) is 10.3 Å². The van der Waals surface area contributed by atoms with E-state index in [9.17, 15) is 0 Å². The van der Waals surface area contributed by atoms with Crippen molar-refractivity contribution < 1.29 is 4.74 Å². The summed E-state index contributed by atoms with van der Waals surface area (Å²) in [5.74, 6) is 1.29. The van der Waals surface area contributed by atoms with E-state index < -0.39 is 0 Å². The first-order valence-corrected chi connectivity index (χ1v) is 7.57. The van der Waals surface area contributed by atoms with Crippen molar-refractivity contribution in [3.8, 4) is 11.5 Å². The largest absolute Gasteiger partial charge is 0.454 e. The lowest BCUT2D eigenvalue weighted by molar-refractivity contribution is 0.477. The molecule has 1 heterocycles. The van der Waals surface area contributed by atoms with Gasteiger partial charge in [-0.1, -0.05) is 34.5 Å². The van der Waals surface area contributed by atoms with Crippen LogP contribution in [-0.2, 0) is 0 Å². The molecule has 2 aromatic rings. The highest BCUT2D eigenvalue weighted by molar-refractivity contribution is 9.10. The molecule has 0 aliphatic heterocycles. The average molecular weight is 356 g/mol. The molecule has 0 bridgehead atoms. The van der Waals surface area contributed by atoms with Crippen molar-refractivity contribution in [2.45, 2.75) is 19.4 Å². The summed E-state index contributed by atoms with van der Waals surface area (Å²) in [5, 5.41) is 3.78. The average Bonchev–Trinajstić information content (AvgIpc) is 2.45. The smallest absolute Gasteiger partial charge is 0.146 e. The van der Waals surface area contributed by atoms with Crippen LogP contribution in [0.3, 0.4) is 0 Å². The summed E-state index contributed by atoms with van der Waals surface area (Å²) in [6.45, 7) is 2.12. The van der Waals surface area contributed by atoms with Gasteiger partial charge in [0.05, 0.1) is 16.9 Å². The number of nitrogens with zero attached hydrogens (tertiary/aromatic N) is 1. The second-order valence-electron chi connectivity index (χ2n) is 4.35. The molecular weight excluding hydrogens is 340 g/mol. The fourth-order valence-corrected chi connectivity index (χ4v) is 2.62. The van der Waals surface area contributed by atoms with E-state index in [-0.39, 0.29) is 6.04 Å².